The van der Waals surface area contributed by atoms with E-state index < -0.39 is 0 Å². The summed E-state index contributed by atoms with van der Waals surface area (Å²) in [7, 11) is 4.14. The summed E-state index contributed by atoms with van der Waals surface area (Å²) in [4.78, 5) is 2.16. The van der Waals surface area contributed by atoms with E-state index in [1.54, 1.807) is 0 Å². The molecule has 0 saturated heterocycles. The van der Waals surface area contributed by atoms with E-state index in [1.165, 1.54) is 0 Å². The monoisotopic (exact) mass is 139 g/mol. The van der Waals surface area contributed by atoms with Crippen molar-refractivity contribution in [2.45, 2.75) is 6.92 Å². The van der Waals surface area contributed by atoms with Gasteiger partial charge in [0.25, 0.3) is 0 Å². The predicted octanol–water partition coefficient (Wildman–Crippen LogP) is 1.93. The quantitative estimate of drug-likeness (QED) is 0.538. The van der Waals surface area contributed by atoms with E-state index in [0.717, 1.165) is 6.54 Å². The molecule has 0 rings (SSSR count). The molecule has 1 heteroatoms. The van der Waals surface area contributed by atoms with Crippen molar-refractivity contribution in [2.24, 2.45) is 5.92 Å². The zero-order valence-electron chi connectivity index (χ0n) is 7.17. The summed E-state index contributed by atoms with van der Waals surface area (Å²) in [5.41, 5.74) is 0. The van der Waals surface area contributed by atoms with E-state index in [4.69, 9.17) is 0 Å². The third-order valence-electron chi connectivity index (χ3n) is 1.32. The molecule has 0 aliphatic heterocycles. The van der Waals surface area contributed by atoms with Crippen molar-refractivity contribution in [1.82, 2.24) is 4.90 Å². The second kappa shape index (κ2) is 5.24. The molecule has 58 valence electrons. The van der Waals surface area contributed by atoms with Gasteiger partial charge < -0.3 is 4.90 Å². The van der Waals surface area contributed by atoms with Gasteiger partial charge >= 0.3 is 0 Å². The average molecular weight is 139 g/mol. The first-order valence-corrected chi connectivity index (χ1v) is 3.60. The van der Waals surface area contributed by atoms with Gasteiger partial charge in [-0.05, 0) is 21.0 Å². The summed E-state index contributed by atoms with van der Waals surface area (Å²) in [6.07, 6.45) is 6.20. The summed E-state index contributed by atoms with van der Waals surface area (Å²) >= 11 is 0. The maximum absolute atomic E-state index is 3.75. The molecule has 0 aromatic carbocycles. The van der Waals surface area contributed by atoms with Crippen molar-refractivity contribution < 1.29 is 0 Å². The van der Waals surface area contributed by atoms with Crippen LogP contribution in [-0.2, 0) is 0 Å². The molecule has 0 heterocycles. The van der Waals surface area contributed by atoms with E-state index in [9.17, 15) is 0 Å². The highest BCUT2D eigenvalue weighted by Crippen LogP contribution is 2.00. The van der Waals surface area contributed by atoms with Crippen LogP contribution in [0.25, 0.3) is 0 Å². The van der Waals surface area contributed by atoms with Crippen LogP contribution >= 0.6 is 0 Å². The Kier molecular flexibility index (Phi) is 4.95. The van der Waals surface area contributed by atoms with Gasteiger partial charge in [-0.2, -0.15) is 0 Å². The topological polar surface area (TPSA) is 3.24 Å². The molecular weight excluding hydrogens is 122 g/mol. The molecule has 0 bridgehead atoms. The first-order chi connectivity index (χ1) is 4.70. The van der Waals surface area contributed by atoms with Crippen LogP contribution in [0.3, 0.4) is 0 Å². The van der Waals surface area contributed by atoms with E-state index >= 15 is 0 Å². The lowest BCUT2D eigenvalue weighted by Gasteiger charge is -2.13. The maximum Gasteiger partial charge on any atom is 0.00730 e. The van der Waals surface area contributed by atoms with Crippen molar-refractivity contribution in [2.75, 3.05) is 20.6 Å². The molecule has 0 aliphatic carbocycles. The summed E-state index contributed by atoms with van der Waals surface area (Å²) in [5, 5.41) is 0. The highest BCUT2D eigenvalue weighted by atomic mass is 15.0. The summed E-state index contributed by atoms with van der Waals surface area (Å²) in [6, 6.07) is 0. The van der Waals surface area contributed by atoms with Gasteiger partial charge in [-0.3, -0.25) is 0 Å². The second-order valence-electron chi connectivity index (χ2n) is 2.69. The molecule has 0 aliphatic rings. The number of rotatable bonds is 4. The normalized spacial score (nSPS) is 14.4. The first kappa shape index (κ1) is 9.44. The maximum atomic E-state index is 3.75. The molecular formula is C9H17N. The van der Waals surface area contributed by atoms with Gasteiger partial charge in [-0.1, -0.05) is 18.2 Å². The van der Waals surface area contributed by atoms with E-state index in [2.05, 4.69) is 37.7 Å². The molecule has 0 amide bonds. The first-order valence-electron chi connectivity index (χ1n) is 3.60. The van der Waals surface area contributed by atoms with Crippen molar-refractivity contribution >= 4 is 0 Å². The number of hydrogen-bond donors (Lipinski definition) is 0. The Labute approximate surface area is 64.0 Å². The van der Waals surface area contributed by atoms with Crippen molar-refractivity contribution in [3.05, 3.63) is 24.8 Å². The molecule has 0 spiro atoms. The molecule has 1 nitrogen and oxygen atoms in total. The molecule has 0 aromatic rings. The molecule has 1 unspecified atom stereocenters. The molecule has 1 atom stereocenters. The highest BCUT2D eigenvalue weighted by molar-refractivity contribution is 4.96. The van der Waals surface area contributed by atoms with Crippen LogP contribution in [0.5, 0.6) is 0 Å². The summed E-state index contributed by atoms with van der Waals surface area (Å²) in [6.45, 7) is 6.84. The zero-order valence-corrected chi connectivity index (χ0v) is 7.17. The fraction of sp³-hybridized carbons (Fsp3) is 0.556. The Morgan fingerprint density at radius 2 is 2.10 bits per heavy atom. The average Bonchev–Trinajstić information content (AvgIpc) is 1.86. The van der Waals surface area contributed by atoms with Crippen LogP contribution in [0, 0.1) is 5.92 Å². The van der Waals surface area contributed by atoms with Crippen LogP contribution in [0.4, 0.5) is 0 Å². The minimum Gasteiger partial charge on any atom is -0.309 e. The van der Waals surface area contributed by atoms with Gasteiger partial charge in [-0.15, -0.1) is 6.58 Å². The minimum absolute atomic E-state index is 0.500. The Hall–Kier alpha value is -0.560. The lowest BCUT2D eigenvalue weighted by Crippen LogP contribution is -2.18. The van der Waals surface area contributed by atoms with E-state index in [0.29, 0.717) is 5.92 Å². The third-order valence-corrected chi connectivity index (χ3v) is 1.32. The molecule has 0 N–H and O–H groups in total. The van der Waals surface area contributed by atoms with Crippen molar-refractivity contribution in [3.63, 3.8) is 0 Å². The highest BCUT2D eigenvalue weighted by Gasteiger charge is 1.98. The number of hydrogen-bond acceptors (Lipinski definition) is 1. The predicted molar refractivity (Wildman–Crippen MR) is 47.1 cm³/mol. The second-order valence-corrected chi connectivity index (χ2v) is 2.69. The SMILES string of the molecule is C=CC(/C=C/C)CN(C)C. The lowest BCUT2D eigenvalue weighted by molar-refractivity contribution is 0.385. The van der Waals surface area contributed by atoms with Crippen molar-refractivity contribution in [1.29, 1.82) is 0 Å². The third kappa shape index (κ3) is 4.33. The summed E-state index contributed by atoms with van der Waals surface area (Å²) < 4.78 is 0. The summed E-state index contributed by atoms with van der Waals surface area (Å²) in [5.74, 6) is 0.500. The van der Waals surface area contributed by atoms with Gasteiger partial charge in [0.05, 0.1) is 0 Å². The smallest absolute Gasteiger partial charge is 0.00730 e. The van der Waals surface area contributed by atoms with E-state index in [-0.39, 0.29) is 0 Å². The molecule has 0 saturated carbocycles. The standard InChI is InChI=1S/C9H17N/c1-5-7-9(6-2)8-10(3)4/h5-7,9H,2,8H2,1,3-4H3/b7-5+. The Morgan fingerprint density at radius 1 is 1.50 bits per heavy atom. The van der Waals surface area contributed by atoms with Crippen LogP contribution in [0.2, 0.25) is 0 Å². The van der Waals surface area contributed by atoms with Crippen LogP contribution in [0.1, 0.15) is 6.92 Å². The number of nitrogens with zero attached hydrogens (tertiary/aromatic N) is 1. The zero-order chi connectivity index (χ0) is 7.98. The fourth-order valence-corrected chi connectivity index (χ4v) is 0.883. The van der Waals surface area contributed by atoms with Crippen molar-refractivity contribution in [3.8, 4) is 0 Å². The fourth-order valence-electron chi connectivity index (χ4n) is 0.883. The van der Waals surface area contributed by atoms with Gasteiger partial charge in [0.1, 0.15) is 0 Å². The van der Waals surface area contributed by atoms with Gasteiger partial charge in [0, 0.05) is 12.5 Å². The molecule has 0 aromatic heterocycles. The molecule has 10 heavy (non-hydrogen) atoms. The molecule has 0 fully saturated rings. The largest absolute Gasteiger partial charge is 0.309 e. The number of allylic oxidation sites excluding steroid dienone is 1. The van der Waals surface area contributed by atoms with Gasteiger partial charge in [0.15, 0.2) is 0 Å². The Morgan fingerprint density at radius 3 is 2.40 bits per heavy atom. The van der Waals surface area contributed by atoms with Crippen LogP contribution in [-0.4, -0.2) is 25.5 Å². The van der Waals surface area contributed by atoms with Gasteiger partial charge in [-0.25, -0.2) is 0 Å². The van der Waals surface area contributed by atoms with Gasteiger partial charge in [0.2, 0.25) is 0 Å². The molecule has 0 radical (unpaired) electrons. The van der Waals surface area contributed by atoms with Crippen LogP contribution < -0.4 is 0 Å². The lowest BCUT2D eigenvalue weighted by atomic mass is 10.1. The van der Waals surface area contributed by atoms with Crippen LogP contribution in [0.15, 0.2) is 24.8 Å². The Balaban J connectivity index is 3.71. The Bertz CT molecular complexity index is 114. The van der Waals surface area contributed by atoms with E-state index in [1.807, 2.05) is 13.0 Å². The minimum atomic E-state index is 0.500.